The quantitative estimate of drug-likeness (QED) is 0.176. The van der Waals surface area contributed by atoms with Gasteiger partial charge in [0.1, 0.15) is 0 Å². The van der Waals surface area contributed by atoms with Crippen LogP contribution in [0.1, 0.15) is 0 Å². The molecule has 0 amide bonds. The van der Waals surface area contributed by atoms with Crippen LogP contribution in [-0.2, 0) is 0 Å². The minimum absolute atomic E-state index is 0.790. The number of hydrogen-bond acceptors (Lipinski definition) is 5. The van der Waals surface area contributed by atoms with Crippen molar-refractivity contribution in [3.63, 3.8) is 0 Å². The van der Waals surface area contributed by atoms with E-state index in [1.165, 1.54) is 10.8 Å². The van der Waals surface area contributed by atoms with E-state index in [9.17, 15) is 0 Å². The summed E-state index contributed by atoms with van der Waals surface area (Å²) in [6.07, 6.45) is 1.78. The third-order valence-corrected chi connectivity index (χ3v) is 7.28. The Labute approximate surface area is 229 Å². The monoisotopic (exact) mass is 511 g/mol. The normalized spacial score (nSPS) is 11.5. The summed E-state index contributed by atoms with van der Waals surface area (Å²) in [7, 11) is 0. The van der Waals surface area contributed by atoms with Gasteiger partial charge < -0.3 is 0 Å². The predicted octanol–water partition coefficient (Wildman–Crippen LogP) is 8.28. The number of fused-ring (bicyclic) bond motifs is 5. The lowest BCUT2D eigenvalue weighted by Gasteiger charge is -2.09. The van der Waals surface area contributed by atoms with Crippen LogP contribution >= 0.6 is 0 Å². The zero-order valence-corrected chi connectivity index (χ0v) is 21.4. The fourth-order valence-corrected chi connectivity index (χ4v) is 5.24. The van der Waals surface area contributed by atoms with Gasteiger partial charge in [-0.1, -0.05) is 66.7 Å². The van der Waals surface area contributed by atoms with Gasteiger partial charge in [0.2, 0.25) is 0 Å². The van der Waals surface area contributed by atoms with Gasteiger partial charge in [-0.3, -0.25) is 4.98 Å². The first-order valence-corrected chi connectivity index (χ1v) is 13.2. The molecule has 0 spiro atoms. The molecule has 0 aliphatic rings. The summed E-state index contributed by atoms with van der Waals surface area (Å²) >= 11 is 0. The Balaban J connectivity index is 1.23. The van der Waals surface area contributed by atoms with Crippen LogP contribution in [0, 0.1) is 0 Å². The highest BCUT2D eigenvalue weighted by Crippen LogP contribution is 2.29. The van der Waals surface area contributed by atoms with Crippen molar-refractivity contribution in [1.29, 1.82) is 0 Å². The summed E-state index contributed by atoms with van der Waals surface area (Å²) in [4.78, 5) is 24.4. The number of rotatable bonds is 3. The molecule has 0 radical (unpaired) electrons. The van der Waals surface area contributed by atoms with Crippen molar-refractivity contribution in [2.75, 3.05) is 0 Å². The standard InChI is InChI=1S/C35H21N5/c1-2-7-25-21-33-26(20-24(25)6-1)15-18-31(38-33)28-9-5-10-29(37-28)32-17-14-23-12-11-22-13-16-30(27-8-3-4-19-36-27)39-34(22)35(23)40-32/h1-21H. The number of hydrogen-bond donors (Lipinski definition) is 0. The van der Waals surface area contributed by atoms with Crippen molar-refractivity contribution < 1.29 is 0 Å². The molecule has 186 valence electrons. The first-order chi connectivity index (χ1) is 19.8. The average molecular weight is 512 g/mol. The largest absolute Gasteiger partial charge is 0.255 e. The highest BCUT2D eigenvalue weighted by atomic mass is 14.8. The second-order valence-electron chi connectivity index (χ2n) is 9.81. The molecule has 5 nitrogen and oxygen atoms in total. The molecule has 5 heteroatoms. The Morgan fingerprint density at radius 2 is 0.850 bits per heavy atom. The molecule has 0 atom stereocenters. The van der Waals surface area contributed by atoms with Crippen molar-refractivity contribution in [2.45, 2.75) is 0 Å². The zero-order chi connectivity index (χ0) is 26.5. The van der Waals surface area contributed by atoms with Gasteiger partial charge >= 0.3 is 0 Å². The Kier molecular flexibility index (Phi) is 5.07. The maximum Gasteiger partial charge on any atom is 0.0973 e. The average Bonchev–Trinajstić information content (AvgIpc) is 3.03. The van der Waals surface area contributed by atoms with Crippen LogP contribution in [0.25, 0.3) is 77.6 Å². The van der Waals surface area contributed by atoms with Gasteiger partial charge in [-0.25, -0.2) is 19.9 Å². The minimum atomic E-state index is 0.790. The van der Waals surface area contributed by atoms with E-state index in [0.717, 1.165) is 66.9 Å². The van der Waals surface area contributed by atoms with Crippen LogP contribution in [0.3, 0.4) is 0 Å². The number of aromatic nitrogens is 5. The van der Waals surface area contributed by atoms with E-state index in [0.29, 0.717) is 0 Å². The van der Waals surface area contributed by atoms with Crippen LogP contribution in [0.4, 0.5) is 0 Å². The van der Waals surface area contributed by atoms with E-state index in [1.54, 1.807) is 6.20 Å². The van der Waals surface area contributed by atoms with Crippen molar-refractivity contribution in [1.82, 2.24) is 24.9 Å². The van der Waals surface area contributed by atoms with Crippen LogP contribution in [0.5, 0.6) is 0 Å². The summed E-state index contributed by atoms with van der Waals surface area (Å²) in [5.41, 5.74) is 7.52. The topological polar surface area (TPSA) is 64.5 Å². The molecule has 8 rings (SSSR count). The molecule has 0 saturated carbocycles. The highest BCUT2D eigenvalue weighted by Gasteiger charge is 2.11. The third kappa shape index (κ3) is 3.84. The van der Waals surface area contributed by atoms with E-state index in [4.69, 9.17) is 19.9 Å². The molecule has 8 aromatic rings. The van der Waals surface area contributed by atoms with Crippen molar-refractivity contribution >= 4 is 43.5 Å². The molecule has 40 heavy (non-hydrogen) atoms. The van der Waals surface area contributed by atoms with Crippen LogP contribution in [-0.4, -0.2) is 24.9 Å². The lowest BCUT2D eigenvalue weighted by Crippen LogP contribution is -1.94. The van der Waals surface area contributed by atoms with Gasteiger partial charge in [0.05, 0.1) is 50.7 Å². The summed E-state index contributed by atoms with van der Waals surface area (Å²) in [6.45, 7) is 0. The minimum Gasteiger partial charge on any atom is -0.255 e. The van der Waals surface area contributed by atoms with Crippen LogP contribution in [0.2, 0.25) is 0 Å². The second-order valence-corrected chi connectivity index (χ2v) is 9.81. The summed E-state index contributed by atoms with van der Waals surface area (Å²) in [6, 6.07) is 41.0. The maximum absolute atomic E-state index is 5.06. The van der Waals surface area contributed by atoms with E-state index >= 15 is 0 Å². The van der Waals surface area contributed by atoms with Gasteiger partial charge in [-0.2, -0.15) is 0 Å². The smallest absolute Gasteiger partial charge is 0.0973 e. The second kappa shape index (κ2) is 9.03. The number of nitrogens with zero attached hydrogens (tertiary/aromatic N) is 5. The zero-order valence-electron chi connectivity index (χ0n) is 21.4. The fourth-order valence-electron chi connectivity index (χ4n) is 5.24. The fraction of sp³-hybridized carbons (Fsp3) is 0. The maximum atomic E-state index is 5.06. The molecule has 5 heterocycles. The molecule has 0 aliphatic carbocycles. The van der Waals surface area contributed by atoms with E-state index in [2.05, 4.69) is 71.7 Å². The number of benzene rings is 3. The van der Waals surface area contributed by atoms with Crippen molar-refractivity contribution in [3.8, 4) is 34.2 Å². The predicted molar refractivity (Wildman–Crippen MR) is 162 cm³/mol. The van der Waals surface area contributed by atoms with Gasteiger partial charge in [0.15, 0.2) is 0 Å². The molecule has 0 N–H and O–H groups in total. The SMILES string of the molecule is c1ccc(-c2ccc3ccc4ccc(-c5cccc(-c6ccc7cc8ccccc8cc7n6)n5)nc4c3n2)nc1. The van der Waals surface area contributed by atoms with Gasteiger partial charge in [0, 0.05) is 22.4 Å². The molecule has 0 saturated heterocycles. The summed E-state index contributed by atoms with van der Waals surface area (Å²) in [5.74, 6) is 0. The molecule has 5 aromatic heterocycles. The Morgan fingerprint density at radius 3 is 1.52 bits per heavy atom. The summed E-state index contributed by atoms with van der Waals surface area (Å²) in [5, 5.41) is 5.56. The lowest BCUT2D eigenvalue weighted by molar-refractivity contribution is 1.25. The first kappa shape index (κ1) is 22.4. The Morgan fingerprint density at radius 1 is 0.325 bits per heavy atom. The molecule has 0 unspecified atom stereocenters. The molecule has 0 bridgehead atoms. The molecule has 0 aliphatic heterocycles. The first-order valence-electron chi connectivity index (χ1n) is 13.2. The van der Waals surface area contributed by atoms with E-state index in [1.807, 2.05) is 54.6 Å². The van der Waals surface area contributed by atoms with Gasteiger partial charge in [-0.05, 0) is 65.4 Å². The van der Waals surface area contributed by atoms with Crippen molar-refractivity contribution in [2.24, 2.45) is 0 Å². The highest BCUT2D eigenvalue weighted by molar-refractivity contribution is 6.04. The lowest BCUT2D eigenvalue weighted by atomic mass is 10.1. The van der Waals surface area contributed by atoms with E-state index < -0.39 is 0 Å². The molecule has 0 fully saturated rings. The van der Waals surface area contributed by atoms with Crippen LogP contribution < -0.4 is 0 Å². The number of pyridine rings is 5. The molecular weight excluding hydrogens is 490 g/mol. The molecular formula is C35H21N5. The Bertz CT molecular complexity index is 2220. The van der Waals surface area contributed by atoms with Gasteiger partial charge in [-0.15, -0.1) is 0 Å². The summed E-state index contributed by atoms with van der Waals surface area (Å²) < 4.78 is 0. The van der Waals surface area contributed by atoms with E-state index in [-0.39, 0.29) is 0 Å². The van der Waals surface area contributed by atoms with Crippen molar-refractivity contribution in [3.05, 3.63) is 128 Å². The molecule has 3 aromatic carbocycles. The van der Waals surface area contributed by atoms with Gasteiger partial charge in [0.25, 0.3) is 0 Å². The third-order valence-electron chi connectivity index (χ3n) is 7.28. The Hall–Kier alpha value is -5.55. The van der Waals surface area contributed by atoms with Crippen LogP contribution in [0.15, 0.2) is 128 Å².